The summed E-state index contributed by atoms with van der Waals surface area (Å²) in [5.41, 5.74) is -0.338. The minimum atomic E-state index is -2.70. The minimum Gasteiger partial charge on any atom is -0.481 e. The van der Waals surface area contributed by atoms with E-state index in [4.69, 9.17) is 16.3 Å². The molecular weight excluding hydrogens is 228 g/mol. The molecule has 0 aliphatic heterocycles. The highest BCUT2D eigenvalue weighted by molar-refractivity contribution is 6.67. The summed E-state index contributed by atoms with van der Waals surface area (Å²) in [6, 6.07) is 0.970. The first-order valence-corrected chi connectivity index (χ1v) is 4.38. The van der Waals surface area contributed by atoms with E-state index in [-0.39, 0.29) is 22.7 Å². The fourth-order valence-electron chi connectivity index (χ4n) is 1.13. The number of alkyl halides is 2. The maximum atomic E-state index is 12.5. The Morgan fingerprint density at radius 2 is 2.20 bits per heavy atom. The average molecular weight is 236 g/mol. The summed E-state index contributed by atoms with van der Waals surface area (Å²) >= 11 is 5.16. The van der Waals surface area contributed by atoms with Crippen LogP contribution in [0.15, 0.2) is 6.07 Å². The van der Waals surface area contributed by atoms with Crippen molar-refractivity contribution in [1.82, 2.24) is 4.98 Å². The van der Waals surface area contributed by atoms with Crippen molar-refractivity contribution in [3.8, 4) is 5.88 Å². The molecule has 3 nitrogen and oxygen atoms in total. The minimum absolute atomic E-state index is 0.0169. The van der Waals surface area contributed by atoms with Gasteiger partial charge in [-0.15, -0.1) is 0 Å². The second-order valence-corrected chi connectivity index (χ2v) is 3.15. The van der Waals surface area contributed by atoms with E-state index in [1.165, 1.54) is 14.0 Å². The lowest BCUT2D eigenvalue weighted by atomic mass is 10.1. The molecule has 0 spiro atoms. The summed E-state index contributed by atoms with van der Waals surface area (Å²) in [7, 11) is 1.28. The lowest BCUT2D eigenvalue weighted by Crippen LogP contribution is -2.03. The Kier molecular flexibility index (Phi) is 3.57. The van der Waals surface area contributed by atoms with Crippen LogP contribution in [0.3, 0.4) is 0 Å². The number of carbonyl (C=O) groups is 1. The third kappa shape index (κ3) is 2.41. The third-order valence-electron chi connectivity index (χ3n) is 1.90. The Morgan fingerprint density at radius 3 is 2.60 bits per heavy atom. The zero-order chi connectivity index (χ0) is 11.6. The highest BCUT2D eigenvalue weighted by Crippen LogP contribution is 2.28. The largest absolute Gasteiger partial charge is 0.481 e. The molecule has 0 N–H and O–H groups in total. The van der Waals surface area contributed by atoms with Crippen LogP contribution in [0, 0.1) is 6.92 Å². The van der Waals surface area contributed by atoms with Crippen LogP contribution in [0.4, 0.5) is 8.78 Å². The number of pyridine rings is 1. The standard InChI is InChI=1S/C9H8ClF2NO2/c1-4-5(8(11)12)3-6(7(10)14)13-9(4)15-2/h3,8H,1-2H3. The first-order valence-electron chi connectivity index (χ1n) is 4.01. The van der Waals surface area contributed by atoms with Crippen LogP contribution < -0.4 is 4.74 Å². The van der Waals surface area contributed by atoms with E-state index in [0.717, 1.165) is 6.07 Å². The molecule has 0 aliphatic carbocycles. The average Bonchev–Trinajstić information content (AvgIpc) is 2.17. The fraction of sp³-hybridized carbons (Fsp3) is 0.333. The normalized spacial score (nSPS) is 10.5. The molecule has 1 aromatic heterocycles. The van der Waals surface area contributed by atoms with Gasteiger partial charge in [0.15, 0.2) is 0 Å². The predicted molar refractivity (Wildman–Crippen MR) is 50.7 cm³/mol. The molecule has 1 rings (SSSR count). The van der Waals surface area contributed by atoms with Crippen molar-refractivity contribution in [1.29, 1.82) is 0 Å². The van der Waals surface area contributed by atoms with Crippen molar-refractivity contribution in [2.45, 2.75) is 13.3 Å². The van der Waals surface area contributed by atoms with Crippen LogP contribution in [0.5, 0.6) is 5.88 Å². The molecule has 0 unspecified atom stereocenters. The van der Waals surface area contributed by atoms with Gasteiger partial charge >= 0.3 is 0 Å². The van der Waals surface area contributed by atoms with Gasteiger partial charge in [-0.25, -0.2) is 13.8 Å². The molecule has 0 amide bonds. The zero-order valence-corrected chi connectivity index (χ0v) is 8.81. The molecule has 15 heavy (non-hydrogen) atoms. The number of hydrogen-bond donors (Lipinski definition) is 0. The second-order valence-electron chi connectivity index (χ2n) is 2.81. The van der Waals surface area contributed by atoms with Gasteiger partial charge in [0.05, 0.1) is 7.11 Å². The van der Waals surface area contributed by atoms with E-state index in [1.54, 1.807) is 0 Å². The molecule has 0 atom stereocenters. The highest BCUT2D eigenvalue weighted by Gasteiger charge is 2.18. The Morgan fingerprint density at radius 1 is 1.60 bits per heavy atom. The number of ether oxygens (including phenoxy) is 1. The molecule has 0 radical (unpaired) electrons. The first-order chi connectivity index (χ1) is 6.97. The van der Waals surface area contributed by atoms with Crippen molar-refractivity contribution >= 4 is 16.8 Å². The lowest BCUT2D eigenvalue weighted by Gasteiger charge is -2.09. The molecule has 0 fully saturated rings. The monoisotopic (exact) mass is 235 g/mol. The van der Waals surface area contributed by atoms with Gasteiger partial charge in [-0.3, -0.25) is 4.79 Å². The van der Waals surface area contributed by atoms with Crippen LogP contribution in [0.1, 0.15) is 28.0 Å². The topological polar surface area (TPSA) is 39.2 Å². The number of hydrogen-bond acceptors (Lipinski definition) is 3. The van der Waals surface area contributed by atoms with Gasteiger partial charge in [0, 0.05) is 11.1 Å². The molecule has 0 saturated heterocycles. The van der Waals surface area contributed by atoms with Gasteiger partial charge in [0.25, 0.3) is 11.7 Å². The van der Waals surface area contributed by atoms with Gasteiger partial charge in [-0.05, 0) is 24.6 Å². The molecule has 0 aliphatic rings. The molecule has 1 aromatic rings. The van der Waals surface area contributed by atoms with Crippen LogP contribution in [-0.2, 0) is 0 Å². The summed E-state index contributed by atoms with van der Waals surface area (Å²) in [6.07, 6.45) is -2.70. The van der Waals surface area contributed by atoms with Crippen LogP contribution >= 0.6 is 11.6 Å². The Hall–Kier alpha value is -1.23. The number of halogens is 3. The van der Waals surface area contributed by atoms with E-state index in [0.29, 0.717) is 0 Å². The maximum Gasteiger partial charge on any atom is 0.270 e. The van der Waals surface area contributed by atoms with Crippen LogP contribution in [0.2, 0.25) is 0 Å². The quantitative estimate of drug-likeness (QED) is 0.756. The lowest BCUT2D eigenvalue weighted by molar-refractivity contribution is 0.107. The Labute approximate surface area is 90.0 Å². The van der Waals surface area contributed by atoms with Gasteiger partial charge in [-0.1, -0.05) is 0 Å². The molecule has 82 valence electrons. The number of nitrogens with zero attached hydrogens (tertiary/aromatic N) is 1. The molecule has 0 bridgehead atoms. The zero-order valence-electron chi connectivity index (χ0n) is 8.05. The van der Waals surface area contributed by atoms with Gasteiger partial charge in [0.2, 0.25) is 5.88 Å². The summed E-state index contributed by atoms with van der Waals surface area (Å²) in [6.45, 7) is 1.44. The summed E-state index contributed by atoms with van der Waals surface area (Å²) < 4.78 is 29.9. The van der Waals surface area contributed by atoms with Crippen molar-refractivity contribution in [2.24, 2.45) is 0 Å². The summed E-state index contributed by atoms with van der Waals surface area (Å²) in [4.78, 5) is 14.5. The van der Waals surface area contributed by atoms with E-state index in [9.17, 15) is 13.6 Å². The van der Waals surface area contributed by atoms with Crippen molar-refractivity contribution in [3.63, 3.8) is 0 Å². The van der Waals surface area contributed by atoms with Crippen LogP contribution in [0.25, 0.3) is 0 Å². The fourth-order valence-corrected chi connectivity index (χ4v) is 1.23. The third-order valence-corrected chi connectivity index (χ3v) is 2.09. The smallest absolute Gasteiger partial charge is 0.270 e. The van der Waals surface area contributed by atoms with Crippen molar-refractivity contribution < 1.29 is 18.3 Å². The maximum absolute atomic E-state index is 12.5. The van der Waals surface area contributed by atoms with E-state index >= 15 is 0 Å². The molecule has 1 heterocycles. The van der Waals surface area contributed by atoms with Crippen LogP contribution in [-0.4, -0.2) is 17.3 Å². The Bertz CT molecular complexity index is 396. The second kappa shape index (κ2) is 4.53. The number of methoxy groups -OCH3 is 1. The van der Waals surface area contributed by atoms with Gasteiger partial charge in [-0.2, -0.15) is 0 Å². The molecule has 0 saturated carbocycles. The molecule has 6 heteroatoms. The Balaban J connectivity index is 3.38. The molecule has 0 aromatic carbocycles. The van der Waals surface area contributed by atoms with E-state index in [1.807, 2.05) is 0 Å². The number of aromatic nitrogens is 1. The van der Waals surface area contributed by atoms with E-state index < -0.39 is 11.7 Å². The van der Waals surface area contributed by atoms with Crippen molar-refractivity contribution in [2.75, 3.05) is 7.11 Å². The van der Waals surface area contributed by atoms with E-state index in [2.05, 4.69) is 4.98 Å². The van der Waals surface area contributed by atoms with Gasteiger partial charge < -0.3 is 4.74 Å². The SMILES string of the molecule is COc1nc(C(=O)Cl)cc(C(F)F)c1C. The van der Waals surface area contributed by atoms with Gasteiger partial charge in [0.1, 0.15) is 5.69 Å². The first kappa shape index (κ1) is 11.8. The predicted octanol–water partition coefficient (Wildman–Crippen LogP) is 2.72. The number of rotatable bonds is 3. The highest BCUT2D eigenvalue weighted by atomic mass is 35.5. The summed E-state index contributed by atoms with van der Waals surface area (Å²) in [5, 5.41) is -0.893. The number of carbonyl (C=O) groups excluding carboxylic acids is 1. The molecular formula is C9H8ClF2NO2. The summed E-state index contributed by atoms with van der Waals surface area (Å²) in [5.74, 6) is -0.0169. The van der Waals surface area contributed by atoms with Crippen molar-refractivity contribution in [3.05, 3.63) is 22.9 Å².